The standard InChI is InChI=1S/C12H24O4Si/c1-9(13)11(14)10(15-5)8-16-17(6,7)12(2,3)4/h10H,8H2,1-7H3. The van der Waals surface area contributed by atoms with Crippen LogP contribution in [0.1, 0.15) is 27.7 Å². The van der Waals surface area contributed by atoms with E-state index in [4.69, 9.17) is 9.16 Å². The molecule has 0 bridgehead atoms. The van der Waals surface area contributed by atoms with E-state index in [9.17, 15) is 9.59 Å². The molecule has 1 unspecified atom stereocenters. The monoisotopic (exact) mass is 260 g/mol. The molecule has 0 N–H and O–H groups in total. The van der Waals surface area contributed by atoms with Gasteiger partial charge in [0.1, 0.15) is 6.10 Å². The van der Waals surface area contributed by atoms with Crippen molar-refractivity contribution in [2.75, 3.05) is 13.7 Å². The highest BCUT2D eigenvalue weighted by Gasteiger charge is 2.38. The summed E-state index contributed by atoms with van der Waals surface area (Å²) < 4.78 is 10.9. The molecular formula is C12H24O4Si. The molecule has 1 atom stereocenters. The number of hydrogen-bond acceptors (Lipinski definition) is 4. The average molecular weight is 260 g/mol. The van der Waals surface area contributed by atoms with Gasteiger partial charge in [-0.2, -0.15) is 0 Å². The van der Waals surface area contributed by atoms with Gasteiger partial charge in [-0.05, 0) is 18.1 Å². The fourth-order valence-corrected chi connectivity index (χ4v) is 1.98. The Balaban J connectivity index is 4.54. The number of carbonyl (C=O) groups excluding carboxylic acids is 2. The third-order valence-corrected chi connectivity index (χ3v) is 7.83. The van der Waals surface area contributed by atoms with Gasteiger partial charge in [0.05, 0.1) is 6.61 Å². The minimum atomic E-state index is -1.91. The summed E-state index contributed by atoms with van der Waals surface area (Å²) in [6, 6.07) is 0. The minimum absolute atomic E-state index is 0.0740. The van der Waals surface area contributed by atoms with E-state index in [-0.39, 0.29) is 11.6 Å². The predicted octanol–water partition coefficient (Wildman–Crippen LogP) is 2.18. The van der Waals surface area contributed by atoms with Crippen LogP contribution >= 0.6 is 0 Å². The molecule has 0 radical (unpaired) electrons. The van der Waals surface area contributed by atoms with Crippen LogP contribution in [-0.4, -0.2) is 39.7 Å². The number of carbonyl (C=O) groups is 2. The molecule has 0 aliphatic rings. The fraction of sp³-hybridized carbons (Fsp3) is 0.833. The summed E-state index contributed by atoms with van der Waals surface area (Å²) >= 11 is 0. The fourth-order valence-electron chi connectivity index (χ4n) is 0.978. The number of methoxy groups -OCH3 is 1. The molecular weight excluding hydrogens is 236 g/mol. The van der Waals surface area contributed by atoms with Gasteiger partial charge in [-0.15, -0.1) is 0 Å². The number of Topliss-reactive ketones (excluding diaryl/α,β-unsaturated/α-hetero) is 2. The maximum absolute atomic E-state index is 11.5. The Hall–Kier alpha value is -0.523. The smallest absolute Gasteiger partial charge is 0.229 e. The maximum atomic E-state index is 11.5. The van der Waals surface area contributed by atoms with Gasteiger partial charge in [-0.1, -0.05) is 20.8 Å². The first-order valence-electron chi connectivity index (χ1n) is 5.74. The largest absolute Gasteiger partial charge is 0.414 e. The second-order valence-corrected chi connectivity index (χ2v) is 10.5. The van der Waals surface area contributed by atoms with Crippen LogP contribution in [-0.2, 0) is 18.8 Å². The van der Waals surface area contributed by atoms with Crippen LogP contribution in [0.15, 0.2) is 0 Å². The highest BCUT2D eigenvalue weighted by molar-refractivity contribution is 6.74. The van der Waals surface area contributed by atoms with Crippen LogP contribution in [0.3, 0.4) is 0 Å². The first-order valence-corrected chi connectivity index (χ1v) is 8.65. The van der Waals surface area contributed by atoms with Crippen molar-refractivity contribution in [3.63, 3.8) is 0 Å². The number of rotatable bonds is 6. The van der Waals surface area contributed by atoms with E-state index in [2.05, 4.69) is 33.9 Å². The lowest BCUT2D eigenvalue weighted by Gasteiger charge is -2.36. The summed E-state index contributed by atoms with van der Waals surface area (Å²) in [5.74, 6) is -1.01. The minimum Gasteiger partial charge on any atom is -0.414 e. The molecule has 0 aliphatic carbocycles. The van der Waals surface area contributed by atoms with E-state index in [1.165, 1.54) is 14.0 Å². The van der Waals surface area contributed by atoms with Crippen LogP contribution in [0.25, 0.3) is 0 Å². The Morgan fingerprint density at radius 2 is 1.71 bits per heavy atom. The predicted molar refractivity (Wildman–Crippen MR) is 69.6 cm³/mol. The average Bonchev–Trinajstić information content (AvgIpc) is 2.16. The van der Waals surface area contributed by atoms with E-state index in [0.717, 1.165) is 0 Å². The molecule has 4 nitrogen and oxygen atoms in total. The Labute approximate surface area is 105 Å². The highest BCUT2D eigenvalue weighted by Crippen LogP contribution is 2.36. The van der Waals surface area contributed by atoms with Gasteiger partial charge in [0.15, 0.2) is 14.1 Å². The van der Waals surface area contributed by atoms with Crippen molar-refractivity contribution in [3.8, 4) is 0 Å². The third kappa shape index (κ3) is 4.69. The van der Waals surface area contributed by atoms with Crippen molar-refractivity contribution in [3.05, 3.63) is 0 Å². The first-order chi connectivity index (χ1) is 7.53. The number of ether oxygens (including phenoxy) is 1. The van der Waals surface area contributed by atoms with E-state index in [0.29, 0.717) is 0 Å². The third-order valence-electron chi connectivity index (χ3n) is 3.33. The van der Waals surface area contributed by atoms with Crippen LogP contribution < -0.4 is 0 Å². The first kappa shape index (κ1) is 16.5. The molecule has 0 spiro atoms. The summed E-state index contributed by atoms with van der Waals surface area (Å²) in [4.78, 5) is 22.5. The van der Waals surface area contributed by atoms with E-state index >= 15 is 0 Å². The zero-order valence-corrected chi connectivity index (χ0v) is 12.9. The molecule has 0 aromatic rings. The van der Waals surface area contributed by atoms with Gasteiger partial charge in [0, 0.05) is 14.0 Å². The van der Waals surface area contributed by atoms with E-state index in [1.54, 1.807) is 0 Å². The van der Waals surface area contributed by atoms with Crippen LogP contribution in [0.2, 0.25) is 18.1 Å². The molecule has 17 heavy (non-hydrogen) atoms. The number of ketones is 2. The van der Waals surface area contributed by atoms with Crippen molar-refractivity contribution in [1.82, 2.24) is 0 Å². The SMILES string of the molecule is COC(CO[Si](C)(C)C(C)(C)C)C(=O)C(C)=O. The Bertz CT molecular complexity index is 291. The summed E-state index contributed by atoms with van der Waals surface area (Å²) in [6.07, 6.45) is -0.776. The molecule has 100 valence electrons. The van der Waals surface area contributed by atoms with Crippen molar-refractivity contribution in [2.45, 2.75) is 51.9 Å². The zero-order chi connectivity index (χ0) is 13.9. The molecule has 0 heterocycles. The van der Waals surface area contributed by atoms with Crippen molar-refractivity contribution in [2.24, 2.45) is 0 Å². The molecule has 0 saturated heterocycles. The summed E-state index contributed by atoms with van der Waals surface area (Å²) in [5.41, 5.74) is 0. The molecule has 0 amide bonds. The molecule has 0 saturated carbocycles. The maximum Gasteiger partial charge on any atom is 0.229 e. The van der Waals surface area contributed by atoms with Crippen molar-refractivity contribution in [1.29, 1.82) is 0 Å². The second-order valence-electron chi connectivity index (χ2n) is 5.72. The summed E-state index contributed by atoms with van der Waals surface area (Å²) in [6.45, 7) is 12.0. The van der Waals surface area contributed by atoms with Gasteiger partial charge in [-0.25, -0.2) is 0 Å². The van der Waals surface area contributed by atoms with E-state index in [1.807, 2.05) is 0 Å². The molecule has 5 heteroatoms. The Morgan fingerprint density at radius 1 is 1.24 bits per heavy atom. The second kappa shape index (κ2) is 5.89. The lowest BCUT2D eigenvalue weighted by Crippen LogP contribution is -2.44. The summed E-state index contributed by atoms with van der Waals surface area (Å²) in [5, 5.41) is 0.0740. The van der Waals surface area contributed by atoms with Gasteiger partial charge >= 0.3 is 0 Å². The molecule has 0 fully saturated rings. The lowest BCUT2D eigenvalue weighted by atomic mass is 10.2. The number of hydrogen-bond donors (Lipinski definition) is 0. The van der Waals surface area contributed by atoms with Crippen LogP contribution in [0.5, 0.6) is 0 Å². The Kier molecular flexibility index (Phi) is 5.70. The quantitative estimate of drug-likeness (QED) is 0.542. The highest BCUT2D eigenvalue weighted by atomic mass is 28.4. The van der Waals surface area contributed by atoms with Crippen molar-refractivity contribution < 1.29 is 18.8 Å². The molecule has 0 rings (SSSR count). The normalized spacial score (nSPS) is 14.5. The van der Waals surface area contributed by atoms with Crippen molar-refractivity contribution >= 4 is 19.9 Å². The van der Waals surface area contributed by atoms with E-state index < -0.39 is 26.0 Å². The zero-order valence-electron chi connectivity index (χ0n) is 11.9. The Morgan fingerprint density at radius 3 is 2.00 bits per heavy atom. The van der Waals surface area contributed by atoms with Crippen LogP contribution in [0, 0.1) is 0 Å². The van der Waals surface area contributed by atoms with Gasteiger partial charge < -0.3 is 9.16 Å². The molecule has 0 aromatic heterocycles. The lowest BCUT2D eigenvalue weighted by molar-refractivity contribution is -0.142. The molecule has 0 aromatic carbocycles. The van der Waals surface area contributed by atoms with Gasteiger partial charge in [-0.3, -0.25) is 9.59 Å². The van der Waals surface area contributed by atoms with Crippen LogP contribution in [0.4, 0.5) is 0 Å². The van der Waals surface area contributed by atoms with Gasteiger partial charge in [0.2, 0.25) is 5.78 Å². The van der Waals surface area contributed by atoms with Gasteiger partial charge in [0.25, 0.3) is 0 Å². The summed E-state index contributed by atoms with van der Waals surface area (Å²) in [7, 11) is -0.491. The molecule has 0 aliphatic heterocycles. The topological polar surface area (TPSA) is 52.6 Å².